The van der Waals surface area contributed by atoms with Crippen molar-refractivity contribution in [2.45, 2.75) is 19.3 Å². The van der Waals surface area contributed by atoms with Crippen LogP contribution in [0.4, 0.5) is 17.1 Å². The van der Waals surface area contributed by atoms with E-state index in [2.05, 4.69) is 164 Å². The molecule has 0 fully saturated rings. The van der Waals surface area contributed by atoms with Gasteiger partial charge in [0.1, 0.15) is 5.52 Å². The average molecular weight is 681 g/mol. The van der Waals surface area contributed by atoms with Gasteiger partial charge in [-0.3, -0.25) is 0 Å². The van der Waals surface area contributed by atoms with E-state index in [1.54, 1.807) is 0 Å². The predicted molar refractivity (Wildman–Crippen MR) is 220 cm³/mol. The van der Waals surface area contributed by atoms with E-state index in [1.807, 2.05) is 36.4 Å². The van der Waals surface area contributed by atoms with Crippen LogP contribution in [-0.4, -0.2) is 4.98 Å². The van der Waals surface area contributed by atoms with Crippen molar-refractivity contribution in [3.05, 3.63) is 193 Å². The summed E-state index contributed by atoms with van der Waals surface area (Å²) in [6.45, 7) is 4.66. The van der Waals surface area contributed by atoms with E-state index in [0.717, 1.165) is 55.6 Å². The Hall–Kier alpha value is -6.71. The van der Waals surface area contributed by atoms with Crippen LogP contribution in [-0.2, 0) is 5.41 Å². The van der Waals surface area contributed by atoms with E-state index in [1.165, 1.54) is 33.4 Å². The standard InChI is InChI=1S/C50H36N2O/c1-50(2)45-16-10-9-15-42(45)44-32-41(28-29-46(44)50)52(39-24-19-34(20-25-39)33-11-5-3-6-12-33)40-26-21-35(22-27-40)38-18-17-36-23-30-47-48(43(36)31-38)51-49(53-47)37-13-7-4-8-14-37/h3-32H,1-2H3. The van der Waals surface area contributed by atoms with Crippen LogP contribution in [0.1, 0.15) is 25.0 Å². The molecule has 9 aromatic rings. The maximum atomic E-state index is 6.21. The molecule has 10 rings (SSSR count). The molecule has 0 saturated carbocycles. The second kappa shape index (κ2) is 12.2. The number of benzene rings is 8. The summed E-state index contributed by atoms with van der Waals surface area (Å²) in [5.74, 6) is 0.637. The Morgan fingerprint density at radius 1 is 0.453 bits per heavy atom. The Kier molecular flexibility index (Phi) is 7.16. The molecule has 0 aliphatic heterocycles. The van der Waals surface area contributed by atoms with Crippen LogP contribution in [0.25, 0.3) is 66.7 Å². The van der Waals surface area contributed by atoms with Crippen LogP contribution in [0, 0.1) is 0 Å². The van der Waals surface area contributed by atoms with Crippen molar-refractivity contribution >= 4 is 38.9 Å². The number of hydrogen-bond acceptors (Lipinski definition) is 3. The van der Waals surface area contributed by atoms with Gasteiger partial charge in [0.25, 0.3) is 0 Å². The van der Waals surface area contributed by atoms with Gasteiger partial charge < -0.3 is 9.32 Å². The highest BCUT2D eigenvalue weighted by Crippen LogP contribution is 2.50. The Morgan fingerprint density at radius 2 is 1.00 bits per heavy atom. The zero-order valence-corrected chi connectivity index (χ0v) is 29.6. The second-order valence-corrected chi connectivity index (χ2v) is 14.4. The number of fused-ring (bicyclic) bond motifs is 6. The van der Waals surface area contributed by atoms with E-state index in [-0.39, 0.29) is 5.41 Å². The van der Waals surface area contributed by atoms with Gasteiger partial charge in [0.15, 0.2) is 5.58 Å². The number of oxazole rings is 1. The Morgan fingerprint density at radius 3 is 1.72 bits per heavy atom. The van der Waals surface area contributed by atoms with Crippen LogP contribution in [0.15, 0.2) is 186 Å². The lowest BCUT2D eigenvalue weighted by Gasteiger charge is -2.27. The van der Waals surface area contributed by atoms with Gasteiger partial charge in [0, 0.05) is 33.4 Å². The summed E-state index contributed by atoms with van der Waals surface area (Å²) in [5.41, 5.74) is 16.0. The van der Waals surface area contributed by atoms with Crippen molar-refractivity contribution in [2.24, 2.45) is 0 Å². The monoisotopic (exact) mass is 680 g/mol. The number of anilines is 3. The summed E-state index contributed by atoms with van der Waals surface area (Å²) in [6.07, 6.45) is 0. The highest BCUT2D eigenvalue weighted by molar-refractivity contribution is 6.05. The van der Waals surface area contributed by atoms with Crippen molar-refractivity contribution in [1.82, 2.24) is 4.98 Å². The van der Waals surface area contributed by atoms with E-state index in [0.29, 0.717) is 5.89 Å². The van der Waals surface area contributed by atoms with Crippen LogP contribution in [0.5, 0.6) is 0 Å². The lowest BCUT2D eigenvalue weighted by molar-refractivity contribution is 0.620. The molecule has 0 amide bonds. The summed E-state index contributed by atoms with van der Waals surface area (Å²) >= 11 is 0. The molecule has 0 radical (unpaired) electrons. The zero-order chi connectivity index (χ0) is 35.5. The lowest BCUT2D eigenvalue weighted by Crippen LogP contribution is -2.15. The second-order valence-electron chi connectivity index (χ2n) is 14.4. The topological polar surface area (TPSA) is 29.3 Å². The summed E-state index contributed by atoms with van der Waals surface area (Å²) in [5, 5.41) is 2.22. The zero-order valence-electron chi connectivity index (χ0n) is 29.6. The summed E-state index contributed by atoms with van der Waals surface area (Å²) in [6, 6.07) is 65.1. The van der Waals surface area contributed by atoms with E-state index in [9.17, 15) is 0 Å². The first-order valence-electron chi connectivity index (χ1n) is 18.2. The van der Waals surface area contributed by atoms with Crippen LogP contribution in [0.3, 0.4) is 0 Å². The molecule has 53 heavy (non-hydrogen) atoms. The highest BCUT2D eigenvalue weighted by atomic mass is 16.3. The van der Waals surface area contributed by atoms with Gasteiger partial charge in [0.05, 0.1) is 0 Å². The first kappa shape index (κ1) is 31.1. The quantitative estimate of drug-likeness (QED) is 0.175. The molecular weight excluding hydrogens is 645 g/mol. The average Bonchev–Trinajstić information content (AvgIpc) is 3.76. The van der Waals surface area contributed by atoms with Crippen LogP contribution < -0.4 is 4.90 Å². The van der Waals surface area contributed by atoms with Gasteiger partial charge in [-0.15, -0.1) is 0 Å². The number of rotatable bonds is 6. The van der Waals surface area contributed by atoms with E-state index < -0.39 is 0 Å². The third kappa shape index (κ3) is 5.24. The van der Waals surface area contributed by atoms with Crippen LogP contribution in [0.2, 0.25) is 0 Å². The Bertz CT molecular complexity index is 2780. The minimum Gasteiger partial charge on any atom is -0.436 e. The van der Waals surface area contributed by atoms with Gasteiger partial charge in [0.2, 0.25) is 5.89 Å². The molecular formula is C50H36N2O. The molecule has 1 aliphatic carbocycles. The third-order valence-electron chi connectivity index (χ3n) is 10.9. The minimum absolute atomic E-state index is 0.0468. The Labute approximate surface area is 309 Å². The van der Waals surface area contributed by atoms with E-state index >= 15 is 0 Å². The van der Waals surface area contributed by atoms with Gasteiger partial charge >= 0.3 is 0 Å². The van der Waals surface area contributed by atoms with Crippen molar-refractivity contribution in [1.29, 1.82) is 0 Å². The molecule has 0 atom stereocenters. The fraction of sp³-hybridized carbons (Fsp3) is 0.0600. The fourth-order valence-corrected chi connectivity index (χ4v) is 8.12. The van der Waals surface area contributed by atoms with Gasteiger partial charge in [-0.05, 0) is 111 Å². The maximum Gasteiger partial charge on any atom is 0.227 e. The molecule has 0 saturated heterocycles. The molecule has 3 heteroatoms. The smallest absolute Gasteiger partial charge is 0.227 e. The SMILES string of the molecule is CC1(C)c2ccccc2-c2cc(N(c3ccc(-c4ccccc4)cc3)c3ccc(-c4ccc5ccc6oc(-c7ccccc7)nc6c5c4)cc3)ccc21. The third-order valence-corrected chi connectivity index (χ3v) is 10.9. The van der Waals surface area contributed by atoms with E-state index in [4.69, 9.17) is 9.40 Å². The molecule has 8 aromatic carbocycles. The van der Waals surface area contributed by atoms with Crippen molar-refractivity contribution < 1.29 is 4.42 Å². The molecule has 3 nitrogen and oxygen atoms in total. The van der Waals surface area contributed by atoms with Crippen molar-refractivity contribution in [3.8, 4) is 44.8 Å². The maximum absolute atomic E-state index is 6.21. The van der Waals surface area contributed by atoms with Gasteiger partial charge in [-0.1, -0.05) is 135 Å². The molecule has 252 valence electrons. The number of hydrogen-bond donors (Lipinski definition) is 0. The first-order valence-corrected chi connectivity index (χ1v) is 18.2. The number of aromatic nitrogens is 1. The molecule has 0 spiro atoms. The predicted octanol–water partition coefficient (Wildman–Crippen LogP) is 13.8. The summed E-state index contributed by atoms with van der Waals surface area (Å²) < 4.78 is 6.21. The Balaban J connectivity index is 1.06. The largest absolute Gasteiger partial charge is 0.436 e. The first-order chi connectivity index (χ1) is 26.0. The summed E-state index contributed by atoms with van der Waals surface area (Å²) in [4.78, 5) is 7.32. The molecule has 1 heterocycles. The lowest BCUT2D eigenvalue weighted by atomic mass is 9.82. The minimum atomic E-state index is -0.0468. The summed E-state index contributed by atoms with van der Waals surface area (Å²) in [7, 11) is 0. The fourth-order valence-electron chi connectivity index (χ4n) is 8.12. The van der Waals surface area contributed by atoms with Gasteiger partial charge in [-0.25, -0.2) is 4.98 Å². The molecule has 0 N–H and O–H groups in total. The van der Waals surface area contributed by atoms with Crippen molar-refractivity contribution in [2.75, 3.05) is 4.90 Å². The molecule has 0 unspecified atom stereocenters. The normalized spacial score (nSPS) is 12.9. The van der Waals surface area contributed by atoms with Gasteiger partial charge in [-0.2, -0.15) is 0 Å². The highest BCUT2D eigenvalue weighted by Gasteiger charge is 2.35. The van der Waals surface area contributed by atoms with Crippen molar-refractivity contribution in [3.63, 3.8) is 0 Å². The van der Waals surface area contributed by atoms with Crippen LogP contribution >= 0.6 is 0 Å². The number of nitrogens with zero attached hydrogens (tertiary/aromatic N) is 2. The molecule has 0 bridgehead atoms. The molecule has 1 aromatic heterocycles. The molecule has 1 aliphatic rings.